The van der Waals surface area contributed by atoms with Gasteiger partial charge in [-0.05, 0) is 25.8 Å². The highest BCUT2D eigenvalue weighted by Gasteiger charge is 2.44. The molecule has 0 unspecified atom stereocenters. The summed E-state index contributed by atoms with van der Waals surface area (Å²) in [5, 5.41) is 9.32. The minimum Gasteiger partial charge on any atom is -0.481 e. The Hall–Kier alpha value is -1.25. The minimum atomic E-state index is -0.709. The van der Waals surface area contributed by atoms with Crippen molar-refractivity contribution in [3.05, 3.63) is 23.7 Å². The average molecular weight is 194 g/mol. The number of aliphatic carboxylic acids is 1. The molecule has 0 aliphatic heterocycles. The lowest BCUT2D eigenvalue weighted by atomic mass is 9.79. The van der Waals surface area contributed by atoms with Crippen molar-refractivity contribution in [2.45, 2.75) is 38.0 Å². The fourth-order valence-electron chi connectivity index (χ4n) is 2.46. The van der Waals surface area contributed by atoms with Crippen molar-refractivity contribution in [3.63, 3.8) is 0 Å². The summed E-state index contributed by atoms with van der Waals surface area (Å²) in [4.78, 5) is 11.3. The minimum absolute atomic E-state index is 0.670. The van der Waals surface area contributed by atoms with Gasteiger partial charge in [0.25, 0.3) is 0 Å². The number of carbonyl (C=O) groups is 1. The zero-order valence-electron chi connectivity index (χ0n) is 8.25. The molecule has 0 radical (unpaired) electrons. The second kappa shape index (κ2) is 3.15. The quantitative estimate of drug-likeness (QED) is 0.786. The van der Waals surface area contributed by atoms with Gasteiger partial charge in [0, 0.05) is 5.56 Å². The molecule has 0 aromatic carbocycles. The third kappa shape index (κ3) is 1.15. The van der Waals surface area contributed by atoms with Gasteiger partial charge in [-0.1, -0.05) is 12.8 Å². The van der Waals surface area contributed by atoms with Crippen LogP contribution < -0.4 is 0 Å². The van der Waals surface area contributed by atoms with Crippen LogP contribution in [0.25, 0.3) is 0 Å². The van der Waals surface area contributed by atoms with Gasteiger partial charge in [0.2, 0.25) is 0 Å². The molecule has 3 nitrogen and oxygen atoms in total. The molecule has 0 bridgehead atoms. The van der Waals surface area contributed by atoms with Crippen LogP contribution in [-0.4, -0.2) is 11.1 Å². The number of carboxylic acid groups (broad SMARTS) is 1. The molecule has 1 N–H and O–H groups in total. The summed E-state index contributed by atoms with van der Waals surface area (Å²) in [5.41, 5.74) is 0.194. The summed E-state index contributed by atoms with van der Waals surface area (Å²) in [6.07, 6.45) is 5.05. The first kappa shape index (κ1) is 9.31. The first-order valence-electron chi connectivity index (χ1n) is 4.95. The highest BCUT2D eigenvalue weighted by molar-refractivity contribution is 5.82. The summed E-state index contributed by atoms with van der Waals surface area (Å²) >= 11 is 0. The van der Waals surface area contributed by atoms with E-state index >= 15 is 0 Å². The Morgan fingerprint density at radius 2 is 2.14 bits per heavy atom. The van der Waals surface area contributed by atoms with Gasteiger partial charge in [-0.25, -0.2) is 0 Å². The van der Waals surface area contributed by atoms with Gasteiger partial charge in [-0.3, -0.25) is 4.79 Å². The van der Waals surface area contributed by atoms with Crippen molar-refractivity contribution >= 4 is 5.97 Å². The van der Waals surface area contributed by atoms with Crippen LogP contribution in [0, 0.1) is 6.92 Å². The first-order valence-corrected chi connectivity index (χ1v) is 4.95. The third-order valence-electron chi connectivity index (χ3n) is 3.24. The van der Waals surface area contributed by atoms with E-state index in [1.807, 2.05) is 6.92 Å². The van der Waals surface area contributed by atoms with Crippen molar-refractivity contribution in [2.75, 3.05) is 0 Å². The van der Waals surface area contributed by atoms with Gasteiger partial charge in [0.1, 0.15) is 5.76 Å². The van der Waals surface area contributed by atoms with E-state index in [0.717, 1.165) is 37.0 Å². The lowest BCUT2D eigenvalue weighted by molar-refractivity contribution is -0.143. The monoisotopic (exact) mass is 194 g/mol. The Labute approximate surface area is 82.7 Å². The number of carboxylic acids is 1. The molecule has 2 rings (SSSR count). The van der Waals surface area contributed by atoms with E-state index in [2.05, 4.69) is 0 Å². The third-order valence-corrected chi connectivity index (χ3v) is 3.24. The Bertz CT molecular complexity index is 345. The highest BCUT2D eigenvalue weighted by Crippen LogP contribution is 2.42. The lowest BCUT2D eigenvalue weighted by Crippen LogP contribution is -2.32. The van der Waals surface area contributed by atoms with Crippen LogP contribution in [0.5, 0.6) is 0 Å². The number of aryl methyl sites for hydroxylation is 1. The van der Waals surface area contributed by atoms with Gasteiger partial charge in [-0.2, -0.15) is 0 Å². The maximum absolute atomic E-state index is 11.3. The van der Waals surface area contributed by atoms with E-state index in [0.29, 0.717) is 0 Å². The lowest BCUT2D eigenvalue weighted by Gasteiger charge is -2.22. The first-order chi connectivity index (χ1) is 6.67. The second-order valence-electron chi connectivity index (χ2n) is 3.98. The van der Waals surface area contributed by atoms with Crippen LogP contribution in [0.1, 0.15) is 37.0 Å². The SMILES string of the molecule is Cc1occc1C1(C(=O)O)CCCC1. The van der Waals surface area contributed by atoms with E-state index in [1.54, 1.807) is 12.3 Å². The normalized spacial score (nSPS) is 19.8. The van der Waals surface area contributed by atoms with Crippen molar-refractivity contribution < 1.29 is 14.3 Å². The molecule has 1 aliphatic carbocycles. The molecule has 1 aromatic rings. The Balaban J connectivity index is 2.46. The molecule has 14 heavy (non-hydrogen) atoms. The topological polar surface area (TPSA) is 50.4 Å². The Morgan fingerprint density at radius 3 is 2.57 bits per heavy atom. The predicted octanol–water partition coefficient (Wildman–Crippen LogP) is 2.48. The van der Waals surface area contributed by atoms with E-state index in [4.69, 9.17) is 4.42 Å². The van der Waals surface area contributed by atoms with Crippen LogP contribution in [-0.2, 0) is 10.2 Å². The zero-order chi connectivity index (χ0) is 10.2. The predicted molar refractivity (Wildman–Crippen MR) is 51.2 cm³/mol. The van der Waals surface area contributed by atoms with Crippen molar-refractivity contribution in [2.24, 2.45) is 0 Å². The van der Waals surface area contributed by atoms with E-state index in [-0.39, 0.29) is 0 Å². The summed E-state index contributed by atoms with van der Waals surface area (Å²) in [6.45, 7) is 1.83. The van der Waals surface area contributed by atoms with Crippen LogP contribution in [0.4, 0.5) is 0 Å². The second-order valence-corrected chi connectivity index (χ2v) is 3.98. The highest BCUT2D eigenvalue weighted by atomic mass is 16.4. The average Bonchev–Trinajstić information content (AvgIpc) is 2.72. The smallest absolute Gasteiger partial charge is 0.314 e. The summed E-state index contributed by atoms with van der Waals surface area (Å²) in [5.74, 6) is 0.0359. The Kier molecular flexibility index (Phi) is 2.10. The van der Waals surface area contributed by atoms with Crippen LogP contribution in [0.3, 0.4) is 0 Å². The molecule has 3 heteroatoms. The van der Waals surface area contributed by atoms with Gasteiger partial charge in [0.15, 0.2) is 0 Å². The molecule has 0 amide bonds. The van der Waals surface area contributed by atoms with Gasteiger partial charge < -0.3 is 9.52 Å². The van der Waals surface area contributed by atoms with Gasteiger partial charge >= 0.3 is 5.97 Å². The molecule has 1 saturated carbocycles. The van der Waals surface area contributed by atoms with Crippen molar-refractivity contribution in [1.29, 1.82) is 0 Å². The fraction of sp³-hybridized carbons (Fsp3) is 0.545. The van der Waals surface area contributed by atoms with Crippen molar-refractivity contribution in [3.8, 4) is 0 Å². The molecule has 1 fully saturated rings. The maximum atomic E-state index is 11.3. The largest absolute Gasteiger partial charge is 0.481 e. The number of furan rings is 1. The van der Waals surface area contributed by atoms with E-state index < -0.39 is 11.4 Å². The van der Waals surface area contributed by atoms with Gasteiger partial charge in [0.05, 0.1) is 11.7 Å². The van der Waals surface area contributed by atoms with Gasteiger partial charge in [-0.15, -0.1) is 0 Å². The number of hydrogen-bond donors (Lipinski definition) is 1. The zero-order valence-corrected chi connectivity index (χ0v) is 8.25. The number of rotatable bonds is 2. The molecule has 0 spiro atoms. The molecular formula is C11H14O3. The van der Waals surface area contributed by atoms with Crippen LogP contribution >= 0.6 is 0 Å². The molecule has 0 saturated heterocycles. The summed E-state index contributed by atoms with van der Waals surface area (Å²) < 4.78 is 5.19. The Morgan fingerprint density at radius 1 is 1.50 bits per heavy atom. The molecular weight excluding hydrogens is 180 g/mol. The fourth-order valence-corrected chi connectivity index (χ4v) is 2.46. The molecule has 76 valence electrons. The molecule has 1 aliphatic rings. The molecule has 1 aromatic heterocycles. The van der Waals surface area contributed by atoms with E-state index in [9.17, 15) is 9.90 Å². The maximum Gasteiger partial charge on any atom is 0.314 e. The van der Waals surface area contributed by atoms with Crippen molar-refractivity contribution in [1.82, 2.24) is 0 Å². The summed E-state index contributed by atoms with van der Waals surface area (Å²) in [6, 6.07) is 1.80. The van der Waals surface area contributed by atoms with E-state index in [1.165, 1.54) is 0 Å². The molecule has 1 heterocycles. The summed E-state index contributed by atoms with van der Waals surface area (Å²) in [7, 11) is 0. The number of hydrogen-bond acceptors (Lipinski definition) is 2. The standard InChI is InChI=1S/C11H14O3/c1-8-9(4-7-14-8)11(10(12)13)5-2-3-6-11/h4,7H,2-3,5-6H2,1H3,(H,12,13). The van der Waals surface area contributed by atoms with Crippen LogP contribution in [0.2, 0.25) is 0 Å². The molecule has 0 atom stereocenters. The van der Waals surface area contributed by atoms with Crippen LogP contribution in [0.15, 0.2) is 16.7 Å².